The van der Waals surface area contributed by atoms with Gasteiger partial charge in [-0.3, -0.25) is 4.79 Å². The number of pyridine rings is 1. The number of anilines is 1. The lowest BCUT2D eigenvalue weighted by Crippen LogP contribution is -2.64. The summed E-state index contributed by atoms with van der Waals surface area (Å²) in [5, 5.41) is 15.2. The molecule has 1 atom stereocenters. The van der Waals surface area contributed by atoms with Crippen LogP contribution in [0, 0.1) is 5.92 Å². The van der Waals surface area contributed by atoms with E-state index in [1.165, 1.54) is 12.5 Å². The molecule has 35 heavy (non-hydrogen) atoms. The summed E-state index contributed by atoms with van der Waals surface area (Å²) in [6.45, 7) is 5.02. The zero-order valence-corrected chi connectivity index (χ0v) is 20.5. The van der Waals surface area contributed by atoms with Crippen LogP contribution >= 0.6 is 0 Å². The highest BCUT2D eigenvalue weighted by molar-refractivity contribution is 5.80. The average Bonchev–Trinajstić information content (AvgIpc) is 2.77. The van der Waals surface area contributed by atoms with Gasteiger partial charge < -0.3 is 30.1 Å². The lowest BCUT2D eigenvalue weighted by Gasteiger charge is -2.46. The summed E-state index contributed by atoms with van der Waals surface area (Å²) in [4.78, 5) is 41.3. The number of aryl methyl sites for hydroxylation is 2. The first kappa shape index (κ1) is 25.2. The summed E-state index contributed by atoms with van der Waals surface area (Å²) in [7, 11) is 0. The number of likely N-dealkylation sites (tertiary alicyclic amines) is 1. The van der Waals surface area contributed by atoms with Gasteiger partial charge in [0.25, 0.3) is 0 Å². The summed E-state index contributed by atoms with van der Waals surface area (Å²) < 4.78 is 11.2. The van der Waals surface area contributed by atoms with Crippen LogP contribution in [0.15, 0.2) is 12.1 Å². The maximum atomic E-state index is 12.2. The van der Waals surface area contributed by atoms with E-state index in [9.17, 15) is 19.5 Å². The standard InChI is InChI=1S/C25H36N4O6/c1-16(30)29-14-25(2,15-29)35-24(33)28-21(23(31)32)9-11-34-20-12-17(13-20)5-7-19-8-6-18-4-3-10-26-22(18)27-19/h6,8,17,20-21H,3-5,7,9-15H2,1-2H3,(H,26,27)(H,28,33)(H,31,32)/t17?,20?,21-/m0/s1. The Labute approximate surface area is 205 Å². The molecule has 2 aliphatic heterocycles. The van der Waals surface area contributed by atoms with Gasteiger partial charge in [0.2, 0.25) is 5.91 Å². The highest BCUT2D eigenvalue weighted by Crippen LogP contribution is 2.34. The number of carboxylic acid groups (broad SMARTS) is 1. The molecule has 4 rings (SSSR count). The number of rotatable bonds is 10. The predicted octanol–water partition coefficient (Wildman–Crippen LogP) is 2.36. The molecule has 3 N–H and O–H groups in total. The van der Waals surface area contributed by atoms with Gasteiger partial charge in [-0.15, -0.1) is 0 Å². The van der Waals surface area contributed by atoms with Crippen LogP contribution in [0.25, 0.3) is 0 Å². The SMILES string of the molecule is CC(=O)N1CC(C)(OC(=O)N[C@@H](CCOC2CC(CCc3ccc4c(n3)NCCC4)C2)C(=O)O)C1. The van der Waals surface area contributed by atoms with Crippen molar-refractivity contribution in [1.82, 2.24) is 15.2 Å². The Morgan fingerprint density at radius 3 is 2.80 bits per heavy atom. The van der Waals surface area contributed by atoms with Crippen LogP contribution in [0.5, 0.6) is 0 Å². The molecular formula is C25H36N4O6. The fraction of sp³-hybridized carbons (Fsp3) is 0.680. The van der Waals surface area contributed by atoms with E-state index in [2.05, 4.69) is 22.8 Å². The minimum Gasteiger partial charge on any atom is -0.480 e. The molecule has 1 aromatic rings. The van der Waals surface area contributed by atoms with Gasteiger partial charge in [0.1, 0.15) is 17.5 Å². The Kier molecular flexibility index (Phi) is 7.78. The molecule has 1 aliphatic carbocycles. The zero-order chi connectivity index (χ0) is 25.0. The van der Waals surface area contributed by atoms with Crippen LogP contribution in [-0.2, 0) is 31.9 Å². The molecule has 0 radical (unpaired) electrons. The van der Waals surface area contributed by atoms with E-state index in [0.717, 1.165) is 56.6 Å². The van der Waals surface area contributed by atoms with Gasteiger partial charge >= 0.3 is 12.1 Å². The summed E-state index contributed by atoms with van der Waals surface area (Å²) in [5.74, 6) is 0.409. The van der Waals surface area contributed by atoms with Crippen LogP contribution in [0.2, 0.25) is 0 Å². The lowest BCUT2D eigenvalue weighted by atomic mass is 9.79. The summed E-state index contributed by atoms with van der Waals surface area (Å²) >= 11 is 0. The number of ether oxygens (including phenoxy) is 2. The third kappa shape index (κ3) is 6.62. The molecule has 1 aromatic heterocycles. The van der Waals surface area contributed by atoms with Gasteiger partial charge in [0, 0.05) is 32.2 Å². The smallest absolute Gasteiger partial charge is 0.408 e. The predicted molar refractivity (Wildman–Crippen MR) is 128 cm³/mol. The summed E-state index contributed by atoms with van der Waals surface area (Å²) in [6, 6.07) is 3.23. The molecule has 0 bridgehead atoms. The van der Waals surface area contributed by atoms with Gasteiger partial charge in [-0.1, -0.05) is 6.07 Å². The molecule has 0 spiro atoms. The molecule has 3 heterocycles. The second kappa shape index (κ2) is 10.8. The molecule has 0 aromatic carbocycles. The van der Waals surface area contributed by atoms with E-state index in [4.69, 9.17) is 14.5 Å². The van der Waals surface area contributed by atoms with Gasteiger partial charge in [0.05, 0.1) is 19.2 Å². The summed E-state index contributed by atoms with van der Waals surface area (Å²) in [6.07, 6.45) is 5.68. The average molecular weight is 489 g/mol. The van der Waals surface area contributed by atoms with E-state index >= 15 is 0 Å². The maximum absolute atomic E-state index is 12.2. The Hall–Kier alpha value is -2.88. The molecule has 1 saturated carbocycles. The Bertz CT molecular complexity index is 942. The van der Waals surface area contributed by atoms with Crippen molar-refractivity contribution in [3.05, 3.63) is 23.4 Å². The number of hydrogen-bond donors (Lipinski definition) is 3. The molecule has 3 aliphatic rings. The molecule has 2 amide bonds. The van der Waals surface area contributed by atoms with E-state index in [-0.39, 0.29) is 25.0 Å². The number of amides is 2. The largest absolute Gasteiger partial charge is 0.480 e. The number of aliphatic carboxylic acids is 1. The number of nitrogens with one attached hydrogen (secondary N) is 2. The van der Waals surface area contributed by atoms with Gasteiger partial charge in [-0.2, -0.15) is 0 Å². The minimum atomic E-state index is -1.13. The van der Waals surface area contributed by atoms with Gasteiger partial charge in [0.15, 0.2) is 0 Å². The second-order valence-corrected chi connectivity index (χ2v) is 10.2. The third-order valence-corrected chi connectivity index (χ3v) is 7.14. The van der Waals surface area contributed by atoms with Crippen molar-refractivity contribution in [2.24, 2.45) is 5.92 Å². The number of carbonyl (C=O) groups excluding carboxylic acids is 2. The van der Waals surface area contributed by atoms with Crippen molar-refractivity contribution < 1.29 is 29.0 Å². The topological polar surface area (TPSA) is 130 Å². The van der Waals surface area contributed by atoms with Crippen molar-refractivity contribution in [1.29, 1.82) is 0 Å². The number of carbonyl (C=O) groups is 3. The van der Waals surface area contributed by atoms with Crippen LogP contribution < -0.4 is 10.6 Å². The molecule has 0 unspecified atom stereocenters. The molecule has 192 valence electrons. The number of aromatic nitrogens is 1. The van der Waals surface area contributed by atoms with Crippen LogP contribution in [0.4, 0.5) is 10.6 Å². The van der Waals surface area contributed by atoms with Gasteiger partial charge in [-0.05, 0) is 63.0 Å². The number of fused-ring (bicyclic) bond motifs is 1. The first-order valence-electron chi connectivity index (χ1n) is 12.5. The molecular weight excluding hydrogens is 452 g/mol. The van der Waals surface area contributed by atoms with Crippen LogP contribution in [-0.4, -0.2) is 76.9 Å². The van der Waals surface area contributed by atoms with E-state index < -0.39 is 23.7 Å². The van der Waals surface area contributed by atoms with Crippen molar-refractivity contribution in [3.8, 4) is 0 Å². The minimum absolute atomic E-state index is 0.0853. The second-order valence-electron chi connectivity index (χ2n) is 10.2. The number of alkyl carbamates (subject to hydrolysis) is 1. The molecule has 1 saturated heterocycles. The number of hydrogen-bond acceptors (Lipinski definition) is 7. The first-order valence-corrected chi connectivity index (χ1v) is 12.5. The van der Waals surface area contributed by atoms with E-state index in [0.29, 0.717) is 19.0 Å². The van der Waals surface area contributed by atoms with Gasteiger partial charge in [-0.25, -0.2) is 14.6 Å². The highest BCUT2D eigenvalue weighted by Gasteiger charge is 2.44. The monoisotopic (exact) mass is 488 g/mol. The highest BCUT2D eigenvalue weighted by atomic mass is 16.6. The molecule has 10 nitrogen and oxygen atoms in total. The first-order chi connectivity index (χ1) is 16.7. The van der Waals surface area contributed by atoms with E-state index in [1.807, 2.05) is 0 Å². The Morgan fingerprint density at radius 1 is 1.31 bits per heavy atom. The summed E-state index contributed by atoms with van der Waals surface area (Å²) in [5.41, 5.74) is 1.63. The van der Waals surface area contributed by atoms with Crippen molar-refractivity contribution in [3.63, 3.8) is 0 Å². The third-order valence-electron chi connectivity index (χ3n) is 7.14. The maximum Gasteiger partial charge on any atom is 0.408 e. The fourth-order valence-corrected chi connectivity index (χ4v) is 4.96. The van der Waals surface area contributed by atoms with Crippen LogP contribution in [0.3, 0.4) is 0 Å². The van der Waals surface area contributed by atoms with Crippen LogP contribution in [0.1, 0.15) is 57.2 Å². The van der Waals surface area contributed by atoms with Crippen molar-refractivity contribution in [2.75, 3.05) is 31.6 Å². The normalized spacial score (nSPS) is 23.1. The molecule has 10 heteroatoms. The molecule has 2 fully saturated rings. The fourth-order valence-electron chi connectivity index (χ4n) is 4.96. The Morgan fingerprint density at radius 2 is 2.09 bits per heavy atom. The lowest BCUT2D eigenvalue weighted by molar-refractivity contribution is -0.150. The van der Waals surface area contributed by atoms with Crippen molar-refractivity contribution in [2.45, 2.75) is 76.5 Å². The van der Waals surface area contributed by atoms with E-state index in [1.54, 1.807) is 11.8 Å². The Balaban J connectivity index is 1.10. The number of nitrogens with zero attached hydrogens (tertiary/aromatic N) is 2. The zero-order valence-electron chi connectivity index (χ0n) is 20.5. The number of carboxylic acids is 1. The quantitative estimate of drug-likeness (QED) is 0.458. The van der Waals surface area contributed by atoms with Crippen molar-refractivity contribution >= 4 is 23.8 Å².